The van der Waals surface area contributed by atoms with Gasteiger partial charge in [-0.1, -0.05) is 36.3 Å². The third-order valence-corrected chi connectivity index (χ3v) is 3.92. The quantitative estimate of drug-likeness (QED) is 0.714. The summed E-state index contributed by atoms with van der Waals surface area (Å²) < 4.78 is 5.33. The van der Waals surface area contributed by atoms with E-state index in [1.807, 2.05) is 42.5 Å². The fourth-order valence-electron chi connectivity index (χ4n) is 2.56. The van der Waals surface area contributed by atoms with Crippen molar-refractivity contribution in [3.63, 3.8) is 0 Å². The van der Waals surface area contributed by atoms with Gasteiger partial charge in [-0.25, -0.2) is 4.99 Å². The molecular weight excluding hydrogens is 327 g/mol. The Morgan fingerprint density at radius 2 is 1.85 bits per heavy atom. The number of rotatable bonds is 3. The number of hydrogen-bond acceptors (Lipinski definition) is 5. The van der Waals surface area contributed by atoms with Crippen molar-refractivity contribution in [1.82, 2.24) is 4.98 Å². The third-order valence-electron chi connectivity index (χ3n) is 3.92. The van der Waals surface area contributed by atoms with Gasteiger partial charge in [0.2, 0.25) is 5.90 Å². The molecule has 2 N–H and O–H groups in total. The van der Waals surface area contributed by atoms with E-state index >= 15 is 0 Å². The molecule has 0 amide bonds. The van der Waals surface area contributed by atoms with Crippen LogP contribution in [0.15, 0.2) is 78.3 Å². The van der Waals surface area contributed by atoms with Gasteiger partial charge < -0.3 is 14.9 Å². The van der Waals surface area contributed by atoms with Crippen LogP contribution in [0.25, 0.3) is 10.9 Å². The molecule has 1 aliphatic rings. The van der Waals surface area contributed by atoms with Gasteiger partial charge in [0.25, 0.3) is 0 Å². The first kappa shape index (κ1) is 17.7. The van der Waals surface area contributed by atoms with Crippen molar-refractivity contribution in [2.45, 2.75) is 0 Å². The zero-order chi connectivity index (χ0) is 18.4. The number of phenols is 1. The maximum absolute atomic E-state index is 9.51. The molecule has 0 saturated carbocycles. The van der Waals surface area contributed by atoms with Crippen LogP contribution in [0.1, 0.15) is 5.56 Å². The highest BCUT2D eigenvalue weighted by atomic mass is 16.5. The molecule has 2 heterocycles. The number of aromatic hydroxyl groups is 1. The molecule has 3 aromatic rings. The van der Waals surface area contributed by atoms with Gasteiger partial charge in [-0.2, -0.15) is 0 Å². The molecule has 4 rings (SSSR count). The van der Waals surface area contributed by atoms with E-state index in [1.54, 1.807) is 18.3 Å². The predicted octanol–water partition coefficient (Wildman–Crippen LogP) is 2.32. The number of pyridine rings is 1. The Labute approximate surface area is 152 Å². The molecule has 5 nitrogen and oxygen atoms in total. The fraction of sp³-hybridized carbons (Fsp3) is 0.100. The highest BCUT2D eigenvalue weighted by molar-refractivity contribution is 6.70. The molecule has 2 aromatic carbocycles. The van der Waals surface area contributed by atoms with E-state index < -0.39 is 6.92 Å². The van der Waals surface area contributed by atoms with Crippen LogP contribution in [0, 0.1) is 0 Å². The maximum Gasteiger partial charge on any atom is 0.350 e. The van der Waals surface area contributed by atoms with Crippen LogP contribution in [-0.4, -0.2) is 41.1 Å². The number of aliphatic imine (C=N–C) groups is 1. The molecule has 1 aliphatic heterocycles. The predicted molar refractivity (Wildman–Crippen MR) is 105 cm³/mol. The van der Waals surface area contributed by atoms with Crippen LogP contribution in [0.3, 0.4) is 0 Å². The number of aromatic nitrogens is 1. The Morgan fingerprint density at radius 1 is 1.08 bits per heavy atom. The largest absolute Gasteiger partial charge is 0.506 e. The number of para-hydroxylation sites is 1. The zero-order valence-corrected chi connectivity index (χ0v) is 14.2. The van der Waals surface area contributed by atoms with Crippen molar-refractivity contribution in [2.24, 2.45) is 4.99 Å². The summed E-state index contributed by atoms with van der Waals surface area (Å²) in [5, 5.41) is 19.8. The molecular formula is C20H19BN2O3. The van der Waals surface area contributed by atoms with E-state index in [1.165, 1.54) is 5.98 Å². The van der Waals surface area contributed by atoms with Gasteiger partial charge in [0.15, 0.2) is 0 Å². The average Bonchev–Trinajstić information content (AvgIpc) is 3.23. The molecule has 0 unspecified atom stereocenters. The molecule has 130 valence electrons. The van der Waals surface area contributed by atoms with E-state index in [0.29, 0.717) is 18.0 Å². The average molecular weight is 346 g/mol. The van der Waals surface area contributed by atoms with Gasteiger partial charge in [-0.15, -0.1) is 6.58 Å². The molecule has 0 radical (unpaired) electrons. The standard InChI is InChI=1S/C11H12BNO2.C9H7NO/c1-2-12(14)10-5-3-9(4-6-10)11-13-7-8-15-11;11-8-5-1-3-7-4-2-6-10-9(7)8/h2-6,14H,1,7-8H2;1-6,11H. The second-order valence-corrected chi connectivity index (χ2v) is 5.69. The first-order chi connectivity index (χ1) is 12.7. The first-order valence-electron chi connectivity index (χ1n) is 8.30. The summed E-state index contributed by atoms with van der Waals surface area (Å²) in [4.78, 5) is 8.24. The van der Waals surface area contributed by atoms with E-state index in [4.69, 9.17) is 4.74 Å². The SMILES string of the molecule is C=CB(O)c1ccc(C2=NCCO2)cc1.Oc1cccc2cccnc12. The monoisotopic (exact) mass is 346 g/mol. The van der Waals surface area contributed by atoms with Crippen molar-refractivity contribution >= 4 is 29.2 Å². The third kappa shape index (κ3) is 4.10. The number of ether oxygens (including phenoxy) is 1. The van der Waals surface area contributed by atoms with Crippen molar-refractivity contribution in [3.8, 4) is 5.75 Å². The van der Waals surface area contributed by atoms with Gasteiger partial charge in [-0.05, 0) is 29.7 Å². The summed E-state index contributed by atoms with van der Waals surface area (Å²) >= 11 is 0. The van der Waals surface area contributed by atoms with Crippen molar-refractivity contribution in [3.05, 3.63) is 78.9 Å². The minimum atomic E-state index is -0.606. The lowest BCUT2D eigenvalue weighted by Gasteiger charge is -2.04. The molecule has 0 saturated heterocycles. The number of phenolic OH excluding ortho intramolecular Hbond substituents is 1. The Hall–Kier alpha value is -3.12. The second kappa shape index (κ2) is 8.31. The van der Waals surface area contributed by atoms with Crippen LogP contribution in [-0.2, 0) is 4.74 Å². The number of fused-ring (bicyclic) bond motifs is 1. The van der Waals surface area contributed by atoms with Gasteiger partial charge >= 0.3 is 6.92 Å². The van der Waals surface area contributed by atoms with Crippen LogP contribution in [0.5, 0.6) is 5.75 Å². The van der Waals surface area contributed by atoms with E-state index in [9.17, 15) is 10.1 Å². The van der Waals surface area contributed by atoms with Gasteiger partial charge in [0.05, 0.1) is 6.54 Å². The van der Waals surface area contributed by atoms with E-state index in [-0.39, 0.29) is 5.75 Å². The highest BCUT2D eigenvalue weighted by Crippen LogP contribution is 2.20. The fourth-order valence-corrected chi connectivity index (χ4v) is 2.56. The van der Waals surface area contributed by atoms with Gasteiger partial charge in [-0.3, -0.25) is 4.98 Å². The summed E-state index contributed by atoms with van der Waals surface area (Å²) in [6, 6.07) is 16.6. The normalized spacial score (nSPS) is 12.6. The molecule has 26 heavy (non-hydrogen) atoms. The Bertz CT molecular complexity index is 920. The molecule has 6 heteroatoms. The summed E-state index contributed by atoms with van der Waals surface area (Å²) in [6.07, 6.45) is 1.67. The topological polar surface area (TPSA) is 74.9 Å². The summed E-state index contributed by atoms with van der Waals surface area (Å²) in [5.74, 6) is 2.43. The molecule has 0 spiro atoms. The summed E-state index contributed by atoms with van der Waals surface area (Å²) in [6.45, 7) is 4.32. The maximum atomic E-state index is 9.51. The number of nitrogens with zero attached hydrogens (tertiary/aromatic N) is 2. The Balaban J connectivity index is 0.000000158. The highest BCUT2D eigenvalue weighted by Gasteiger charge is 2.12. The lowest BCUT2D eigenvalue weighted by Crippen LogP contribution is -2.27. The molecule has 0 bridgehead atoms. The first-order valence-corrected chi connectivity index (χ1v) is 8.30. The lowest BCUT2D eigenvalue weighted by atomic mass is 9.62. The number of benzene rings is 2. The smallest absolute Gasteiger partial charge is 0.350 e. The summed E-state index contributed by atoms with van der Waals surface area (Å²) in [7, 11) is 0. The molecule has 0 fully saturated rings. The lowest BCUT2D eigenvalue weighted by molar-refractivity contribution is 0.348. The second-order valence-electron chi connectivity index (χ2n) is 5.69. The Kier molecular flexibility index (Phi) is 5.66. The molecule has 0 atom stereocenters. The van der Waals surface area contributed by atoms with Crippen molar-refractivity contribution in [2.75, 3.05) is 13.2 Å². The van der Waals surface area contributed by atoms with Crippen LogP contribution in [0.2, 0.25) is 0 Å². The van der Waals surface area contributed by atoms with Crippen LogP contribution >= 0.6 is 0 Å². The summed E-state index contributed by atoms with van der Waals surface area (Å²) in [5.41, 5.74) is 2.44. The molecule has 0 aliphatic carbocycles. The number of hydrogen-bond donors (Lipinski definition) is 2. The van der Waals surface area contributed by atoms with Gasteiger partial charge in [0.1, 0.15) is 17.9 Å². The molecule has 1 aromatic heterocycles. The van der Waals surface area contributed by atoms with E-state index in [0.717, 1.165) is 23.0 Å². The van der Waals surface area contributed by atoms with Gasteiger partial charge in [0, 0.05) is 17.1 Å². The minimum absolute atomic E-state index is 0.239. The minimum Gasteiger partial charge on any atom is -0.506 e. The zero-order valence-electron chi connectivity index (χ0n) is 14.2. The van der Waals surface area contributed by atoms with Crippen LogP contribution in [0.4, 0.5) is 0 Å². The Morgan fingerprint density at radius 3 is 2.50 bits per heavy atom. The van der Waals surface area contributed by atoms with Crippen molar-refractivity contribution < 1.29 is 14.9 Å². The van der Waals surface area contributed by atoms with E-state index in [2.05, 4.69) is 16.6 Å². The van der Waals surface area contributed by atoms with Crippen molar-refractivity contribution in [1.29, 1.82) is 0 Å². The van der Waals surface area contributed by atoms with Crippen LogP contribution < -0.4 is 5.46 Å².